The number of nitrogens with one attached hydrogen (secondary N) is 2. The van der Waals surface area contributed by atoms with E-state index in [0.29, 0.717) is 11.2 Å². The molecule has 0 aliphatic rings. The van der Waals surface area contributed by atoms with Crippen LogP contribution in [0.25, 0.3) is 5.52 Å². The number of hydrogen-bond donors (Lipinski definition) is 2. The highest BCUT2D eigenvalue weighted by Gasteiger charge is 2.21. The van der Waals surface area contributed by atoms with Crippen molar-refractivity contribution in [3.63, 3.8) is 0 Å². The van der Waals surface area contributed by atoms with Crippen LogP contribution >= 0.6 is 0 Å². The molecule has 6 nitrogen and oxygen atoms in total. The van der Waals surface area contributed by atoms with Gasteiger partial charge in [0.05, 0.1) is 5.52 Å². The summed E-state index contributed by atoms with van der Waals surface area (Å²) in [6.07, 6.45) is 1.67. The molecular formula is C18H17FN4O2. The molecule has 0 atom stereocenters. The van der Waals surface area contributed by atoms with Crippen LogP contribution in [0.1, 0.15) is 35.0 Å². The number of amides is 2. The summed E-state index contributed by atoms with van der Waals surface area (Å²) >= 11 is 0. The van der Waals surface area contributed by atoms with Crippen molar-refractivity contribution in [2.45, 2.75) is 19.9 Å². The third-order valence-electron chi connectivity index (χ3n) is 3.49. The Kier molecular flexibility index (Phi) is 4.47. The van der Waals surface area contributed by atoms with Crippen LogP contribution in [-0.2, 0) is 0 Å². The standard InChI is InChI=1S/C18H17FN4O2/c1-11(2)20-18(25)16-22-15(14-5-3-4-10-23(14)16)17(24)21-13-8-6-12(19)7-9-13/h3-11H,1-2H3,(H,20,25)(H,21,24). The molecule has 3 rings (SSSR count). The van der Waals surface area contributed by atoms with E-state index in [1.54, 1.807) is 28.8 Å². The number of pyridine rings is 1. The number of rotatable bonds is 4. The molecule has 0 bridgehead atoms. The molecule has 0 saturated carbocycles. The van der Waals surface area contributed by atoms with Crippen LogP contribution in [-0.4, -0.2) is 27.2 Å². The van der Waals surface area contributed by atoms with E-state index in [1.807, 2.05) is 13.8 Å². The lowest BCUT2D eigenvalue weighted by Crippen LogP contribution is -2.31. The van der Waals surface area contributed by atoms with Crippen LogP contribution in [0.5, 0.6) is 0 Å². The minimum absolute atomic E-state index is 0.0555. The van der Waals surface area contributed by atoms with E-state index in [4.69, 9.17) is 0 Å². The zero-order valence-electron chi connectivity index (χ0n) is 13.8. The summed E-state index contributed by atoms with van der Waals surface area (Å²) in [5.41, 5.74) is 1.08. The lowest BCUT2D eigenvalue weighted by atomic mass is 10.2. The van der Waals surface area contributed by atoms with Crippen LogP contribution in [0.15, 0.2) is 48.7 Å². The SMILES string of the molecule is CC(C)NC(=O)c1nc(C(=O)Nc2ccc(F)cc2)c2ccccn12. The zero-order chi connectivity index (χ0) is 18.0. The second-order valence-electron chi connectivity index (χ2n) is 5.83. The number of fused-ring (bicyclic) bond motifs is 1. The molecule has 2 N–H and O–H groups in total. The van der Waals surface area contributed by atoms with E-state index < -0.39 is 11.7 Å². The topological polar surface area (TPSA) is 75.5 Å². The van der Waals surface area contributed by atoms with Gasteiger partial charge in [-0.3, -0.25) is 14.0 Å². The van der Waals surface area contributed by atoms with Crippen LogP contribution in [0, 0.1) is 5.82 Å². The minimum Gasteiger partial charge on any atom is -0.347 e. The van der Waals surface area contributed by atoms with Crippen LogP contribution in [0.2, 0.25) is 0 Å². The maximum Gasteiger partial charge on any atom is 0.287 e. The fourth-order valence-corrected chi connectivity index (χ4v) is 2.42. The molecule has 0 unspecified atom stereocenters. The number of nitrogens with zero attached hydrogens (tertiary/aromatic N) is 2. The summed E-state index contributed by atoms with van der Waals surface area (Å²) in [5.74, 6) is -1.09. The molecular weight excluding hydrogens is 323 g/mol. The van der Waals surface area contributed by atoms with Gasteiger partial charge in [0.2, 0.25) is 5.82 Å². The number of carbonyl (C=O) groups excluding carboxylic acids is 2. The Morgan fingerprint density at radius 1 is 1.08 bits per heavy atom. The molecule has 3 aromatic rings. The van der Waals surface area contributed by atoms with E-state index in [1.165, 1.54) is 24.3 Å². The molecule has 0 aliphatic heterocycles. The Hall–Kier alpha value is -3.22. The first kappa shape index (κ1) is 16.6. The molecule has 0 aliphatic carbocycles. The third kappa shape index (κ3) is 3.50. The molecule has 0 fully saturated rings. The summed E-state index contributed by atoms with van der Waals surface area (Å²) in [6.45, 7) is 3.69. The molecule has 1 aromatic carbocycles. The number of carbonyl (C=O) groups is 2. The van der Waals surface area contributed by atoms with Gasteiger partial charge in [-0.2, -0.15) is 0 Å². The Morgan fingerprint density at radius 2 is 1.80 bits per heavy atom. The highest BCUT2D eigenvalue weighted by Crippen LogP contribution is 2.16. The van der Waals surface area contributed by atoms with E-state index >= 15 is 0 Å². The predicted molar refractivity (Wildman–Crippen MR) is 92.1 cm³/mol. The first-order chi connectivity index (χ1) is 12.0. The van der Waals surface area contributed by atoms with Gasteiger partial charge in [-0.1, -0.05) is 6.07 Å². The maximum absolute atomic E-state index is 13.0. The van der Waals surface area contributed by atoms with Crippen molar-refractivity contribution in [2.75, 3.05) is 5.32 Å². The average molecular weight is 340 g/mol. The molecule has 7 heteroatoms. The average Bonchev–Trinajstić information content (AvgIpc) is 2.96. The number of hydrogen-bond acceptors (Lipinski definition) is 3. The summed E-state index contributed by atoms with van der Waals surface area (Å²) < 4.78 is 14.5. The van der Waals surface area contributed by atoms with Crippen LogP contribution in [0.4, 0.5) is 10.1 Å². The van der Waals surface area contributed by atoms with Crippen molar-refractivity contribution in [3.05, 3.63) is 66.0 Å². The molecule has 0 radical (unpaired) electrons. The van der Waals surface area contributed by atoms with Gasteiger partial charge in [0.15, 0.2) is 5.69 Å². The highest BCUT2D eigenvalue weighted by atomic mass is 19.1. The molecule has 2 aromatic heterocycles. The fraction of sp³-hybridized carbons (Fsp3) is 0.167. The van der Waals surface area contributed by atoms with Gasteiger partial charge in [-0.05, 0) is 50.2 Å². The normalized spacial score (nSPS) is 10.9. The lowest BCUT2D eigenvalue weighted by Gasteiger charge is -2.06. The minimum atomic E-state index is -0.473. The van der Waals surface area contributed by atoms with Crippen LogP contribution in [0.3, 0.4) is 0 Å². The molecule has 0 saturated heterocycles. The van der Waals surface area contributed by atoms with Crippen LogP contribution < -0.4 is 10.6 Å². The number of aromatic nitrogens is 2. The van der Waals surface area contributed by atoms with E-state index in [-0.39, 0.29) is 23.5 Å². The number of imidazole rings is 1. The van der Waals surface area contributed by atoms with Crippen molar-refractivity contribution in [1.29, 1.82) is 0 Å². The first-order valence-corrected chi connectivity index (χ1v) is 7.80. The summed E-state index contributed by atoms with van der Waals surface area (Å²) in [7, 11) is 0. The van der Waals surface area contributed by atoms with Crippen molar-refractivity contribution in [2.24, 2.45) is 0 Å². The molecule has 0 spiro atoms. The number of benzene rings is 1. The Bertz CT molecular complexity index is 932. The monoisotopic (exact) mass is 340 g/mol. The summed E-state index contributed by atoms with van der Waals surface area (Å²) in [6, 6.07) is 10.6. The summed E-state index contributed by atoms with van der Waals surface area (Å²) in [4.78, 5) is 29.1. The second-order valence-corrected chi connectivity index (χ2v) is 5.83. The smallest absolute Gasteiger partial charge is 0.287 e. The van der Waals surface area contributed by atoms with Crippen molar-refractivity contribution in [1.82, 2.24) is 14.7 Å². The predicted octanol–water partition coefficient (Wildman–Crippen LogP) is 2.86. The maximum atomic E-state index is 13.0. The second kappa shape index (κ2) is 6.72. The fourth-order valence-electron chi connectivity index (χ4n) is 2.42. The Balaban J connectivity index is 1.97. The first-order valence-electron chi connectivity index (χ1n) is 7.80. The zero-order valence-corrected chi connectivity index (χ0v) is 13.8. The molecule has 128 valence electrons. The van der Waals surface area contributed by atoms with Gasteiger partial charge >= 0.3 is 0 Å². The number of anilines is 1. The lowest BCUT2D eigenvalue weighted by molar-refractivity contribution is 0.0932. The van der Waals surface area contributed by atoms with Gasteiger partial charge in [-0.15, -0.1) is 0 Å². The highest BCUT2D eigenvalue weighted by molar-refractivity contribution is 6.08. The van der Waals surface area contributed by atoms with Gasteiger partial charge in [0, 0.05) is 17.9 Å². The molecule has 25 heavy (non-hydrogen) atoms. The Morgan fingerprint density at radius 3 is 2.48 bits per heavy atom. The van der Waals surface area contributed by atoms with Gasteiger partial charge < -0.3 is 10.6 Å². The van der Waals surface area contributed by atoms with Crippen molar-refractivity contribution in [3.8, 4) is 0 Å². The quantitative estimate of drug-likeness (QED) is 0.767. The van der Waals surface area contributed by atoms with Crippen molar-refractivity contribution >= 4 is 23.0 Å². The number of halogens is 1. The largest absolute Gasteiger partial charge is 0.347 e. The van der Waals surface area contributed by atoms with Gasteiger partial charge in [-0.25, -0.2) is 9.37 Å². The van der Waals surface area contributed by atoms with Gasteiger partial charge in [0.1, 0.15) is 5.82 Å². The Labute approximate surface area is 143 Å². The third-order valence-corrected chi connectivity index (χ3v) is 3.49. The molecule has 2 amide bonds. The van der Waals surface area contributed by atoms with Gasteiger partial charge in [0.25, 0.3) is 11.8 Å². The van der Waals surface area contributed by atoms with E-state index in [0.717, 1.165) is 0 Å². The summed E-state index contributed by atoms with van der Waals surface area (Å²) in [5, 5.41) is 5.42. The van der Waals surface area contributed by atoms with Crippen molar-refractivity contribution < 1.29 is 14.0 Å². The van der Waals surface area contributed by atoms with E-state index in [9.17, 15) is 14.0 Å². The van der Waals surface area contributed by atoms with E-state index in [2.05, 4.69) is 15.6 Å². The molecule has 2 heterocycles.